The Balaban J connectivity index is -0.000000294. The minimum absolute atomic E-state index is 0.0353. The predicted molar refractivity (Wildman–Crippen MR) is 114 cm³/mol. The molecule has 0 radical (unpaired) electrons. The average Bonchev–Trinajstić information content (AvgIpc) is 2.55. The van der Waals surface area contributed by atoms with Gasteiger partial charge in [0.2, 0.25) is 0 Å². The summed E-state index contributed by atoms with van der Waals surface area (Å²) in [5.41, 5.74) is 0.619. The topological polar surface area (TPSA) is 9.23 Å². The van der Waals surface area contributed by atoms with E-state index in [1.165, 1.54) is 25.7 Å². The summed E-state index contributed by atoms with van der Waals surface area (Å²) in [6.45, 7) is 28.0. The molecule has 0 saturated heterocycles. The molecule has 148 valence electrons. The highest BCUT2D eigenvalue weighted by atomic mass is 16.5. The Labute approximate surface area is 155 Å². The second-order valence-electron chi connectivity index (χ2n) is 8.27. The highest BCUT2D eigenvalue weighted by Crippen LogP contribution is 2.23. The first-order valence-corrected chi connectivity index (χ1v) is 10.3. The molecule has 1 nitrogen and oxygen atoms in total. The Hall–Kier alpha value is -0.300. The van der Waals surface area contributed by atoms with Crippen molar-refractivity contribution in [3.8, 4) is 0 Å². The van der Waals surface area contributed by atoms with Crippen LogP contribution in [0.1, 0.15) is 115 Å². The van der Waals surface area contributed by atoms with E-state index >= 15 is 0 Å². The lowest BCUT2D eigenvalue weighted by molar-refractivity contribution is -0.0610. The number of hydrogen-bond acceptors (Lipinski definition) is 1. The van der Waals surface area contributed by atoms with Crippen molar-refractivity contribution in [3.05, 3.63) is 12.7 Å². The number of rotatable bonds is 9. The van der Waals surface area contributed by atoms with Crippen LogP contribution in [-0.2, 0) is 4.74 Å². The van der Waals surface area contributed by atoms with Gasteiger partial charge in [0.15, 0.2) is 0 Å². The zero-order chi connectivity index (χ0) is 19.8. The molecular formula is C23H50O. The molecule has 0 aliphatic heterocycles. The predicted octanol–water partition coefficient (Wildman–Crippen LogP) is 8.43. The van der Waals surface area contributed by atoms with Gasteiger partial charge in [-0.1, -0.05) is 94.1 Å². The van der Waals surface area contributed by atoms with Crippen molar-refractivity contribution in [1.29, 1.82) is 0 Å². The van der Waals surface area contributed by atoms with Crippen LogP contribution >= 0.6 is 0 Å². The molecule has 0 aromatic rings. The molecule has 0 aromatic carbocycles. The molecule has 0 N–H and O–H groups in total. The SMILES string of the molecule is C=CC(C)OC(C)(CC)CC.CCC(C)(C)CC.CCCC(C)C. The molecular weight excluding hydrogens is 292 g/mol. The molecule has 0 heterocycles. The Morgan fingerprint density at radius 3 is 1.38 bits per heavy atom. The standard InChI is InChI=1S/C10H20O.C7H16.C6H14/c1-6-9(4)11-10(5,7-2)8-3;1-5-7(3,4)6-2;1-4-5-6(2)3/h6,9H,1,7-8H2,2-5H3;5-6H2,1-4H3;6H,4-5H2,1-3H3. The Morgan fingerprint density at radius 2 is 1.25 bits per heavy atom. The smallest absolute Gasteiger partial charge is 0.0732 e. The number of hydrogen-bond donors (Lipinski definition) is 0. The third-order valence-electron chi connectivity index (χ3n) is 5.08. The van der Waals surface area contributed by atoms with E-state index in [9.17, 15) is 0 Å². The average molecular weight is 343 g/mol. The lowest BCUT2D eigenvalue weighted by Gasteiger charge is -2.29. The van der Waals surface area contributed by atoms with Crippen molar-refractivity contribution in [2.45, 2.75) is 126 Å². The third-order valence-corrected chi connectivity index (χ3v) is 5.08. The van der Waals surface area contributed by atoms with E-state index < -0.39 is 0 Å². The van der Waals surface area contributed by atoms with E-state index in [1.54, 1.807) is 0 Å². The summed E-state index contributed by atoms with van der Waals surface area (Å²) in [6, 6.07) is 0. The van der Waals surface area contributed by atoms with Crippen LogP contribution in [0.15, 0.2) is 12.7 Å². The monoisotopic (exact) mass is 342 g/mol. The van der Waals surface area contributed by atoms with Gasteiger partial charge in [-0.2, -0.15) is 0 Å². The first-order valence-electron chi connectivity index (χ1n) is 10.3. The van der Waals surface area contributed by atoms with Gasteiger partial charge in [0, 0.05) is 0 Å². The van der Waals surface area contributed by atoms with Gasteiger partial charge < -0.3 is 4.74 Å². The number of ether oxygens (including phenoxy) is 1. The van der Waals surface area contributed by atoms with Crippen molar-refractivity contribution >= 4 is 0 Å². The van der Waals surface area contributed by atoms with Gasteiger partial charge >= 0.3 is 0 Å². The maximum absolute atomic E-state index is 5.77. The summed E-state index contributed by atoms with van der Waals surface area (Å²) >= 11 is 0. The van der Waals surface area contributed by atoms with Gasteiger partial charge in [-0.15, -0.1) is 6.58 Å². The van der Waals surface area contributed by atoms with E-state index in [2.05, 4.69) is 75.8 Å². The van der Waals surface area contributed by atoms with Crippen LogP contribution in [0.25, 0.3) is 0 Å². The van der Waals surface area contributed by atoms with Crippen LogP contribution in [0.3, 0.4) is 0 Å². The summed E-state index contributed by atoms with van der Waals surface area (Å²) < 4.78 is 5.77. The molecule has 0 saturated carbocycles. The third kappa shape index (κ3) is 19.7. The van der Waals surface area contributed by atoms with Gasteiger partial charge in [0.1, 0.15) is 0 Å². The minimum Gasteiger partial charge on any atom is -0.368 e. The Bertz CT molecular complexity index is 255. The zero-order valence-corrected chi connectivity index (χ0v) is 19.1. The molecule has 0 aromatic heterocycles. The second-order valence-corrected chi connectivity index (χ2v) is 8.27. The minimum atomic E-state index is 0.0353. The molecule has 1 unspecified atom stereocenters. The van der Waals surface area contributed by atoms with Gasteiger partial charge in [-0.3, -0.25) is 0 Å². The molecule has 1 heteroatoms. The lowest BCUT2D eigenvalue weighted by Crippen LogP contribution is -2.30. The van der Waals surface area contributed by atoms with Crippen molar-refractivity contribution in [1.82, 2.24) is 0 Å². The maximum Gasteiger partial charge on any atom is 0.0732 e. The first-order chi connectivity index (χ1) is 11.0. The van der Waals surface area contributed by atoms with E-state index in [4.69, 9.17) is 4.74 Å². The first kappa shape index (κ1) is 28.5. The molecule has 0 aliphatic rings. The van der Waals surface area contributed by atoms with E-state index in [0.29, 0.717) is 5.41 Å². The summed E-state index contributed by atoms with van der Waals surface area (Å²) in [4.78, 5) is 0. The maximum atomic E-state index is 5.77. The van der Waals surface area contributed by atoms with Gasteiger partial charge in [-0.25, -0.2) is 0 Å². The molecule has 0 bridgehead atoms. The van der Waals surface area contributed by atoms with Crippen molar-refractivity contribution in [2.75, 3.05) is 0 Å². The lowest BCUT2D eigenvalue weighted by atomic mass is 9.88. The van der Waals surface area contributed by atoms with Crippen LogP contribution in [0, 0.1) is 11.3 Å². The molecule has 0 rings (SSSR count). The fourth-order valence-corrected chi connectivity index (χ4v) is 1.74. The van der Waals surface area contributed by atoms with Gasteiger partial charge in [-0.05, 0) is 38.0 Å². The normalized spacial score (nSPS) is 12.7. The van der Waals surface area contributed by atoms with E-state index in [0.717, 1.165) is 18.8 Å². The summed E-state index contributed by atoms with van der Waals surface area (Å²) in [5.74, 6) is 0.898. The van der Waals surface area contributed by atoms with Crippen LogP contribution in [0.5, 0.6) is 0 Å². The largest absolute Gasteiger partial charge is 0.368 e. The van der Waals surface area contributed by atoms with Gasteiger partial charge in [0.25, 0.3) is 0 Å². The summed E-state index contributed by atoms with van der Waals surface area (Å²) in [5, 5.41) is 0. The second kappa shape index (κ2) is 16.2. The van der Waals surface area contributed by atoms with Crippen LogP contribution in [0.4, 0.5) is 0 Å². The van der Waals surface area contributed by atoms with E-state index in [1.807, 2.05) is 13.0 Å². The van der Waals surface area contributed by atoms with Crippen LogP contribution in [0.2, 0.25) is 0 Å². The highest BCUT2D eigenvalue weighted by Gasteiger charge is 2.21. The van der Waals surface area contributed by atoms with Crippen LogP contribution < -0.4 is 0 Å². The quantitative estimate of drug-likeness (QED) is 0.382. The van der Waals surface area contributed by atoms with Crippen molar-refractivity contribution < 1.29 is 4.74 Å². The summed E-state index contributed by atoms with van der Waals surface area (Å²) in [6.07, 6.45) is 9.41. The fraction of sp³-hybridized carbons (Fsp3) is 0.913. The van der Waals surface area contributed by atoms with Crippen molar-refractivity contribution in [2.24, 2.45) is 11.3 Å². The van der Waals surface area contributed by atoms with Gasteiger partial charge in [0.05, 0.1) is 11.7 Å². The Kier molecular flexibility index (Phi) is 19.2. The fourth-order valence-electron chi connectivity index (χ4n) is 1.74. The Morgan fingerprint density at radius 1 is 0.833 bits per heavy atom. The molecule has 24 heavy (non-hydrogen) atoms. The van der Waals surface area contributed by atoms with Crippen LogP contribution in [-0.4, -0.2) is 11.7 Å². The van der Waals surface area contributed by atoms with E-state index in [-0.39, 0.29) is 11.7 Å². The summed E-state index contributed by atoms with van der Waals surface area (Å²) in [7, 11) is 0. The molecule has 0 spiro atoms. The molecule has 1 atom stereocenters. The highest BCUT2D eigenvalue weighted by molar-refractivity contribution is 4.81. The zero-order valence-electron chi connectivity index (χ0n) is 19.1. The molecule has 0 fully saturated rings. The molecule has 0 amide bonds. The van der Waals surface area contributed by atoms with Crippen molar-refractivity contribution in [3.63, 3.8) is 0 Å². The molecule has 0 aliphatic carbocycles.